The van der Waals surface area contributed by atoms with Crippen molar-refractivity contribution >= 4 is 41.0 Å². The first-order valence-electron chi connectivity index (χ1n) is 14.7. The summed E-state index contributed by atoms with van der Waals surface area (Å²) in [6, 6.07) is 26.9. The number of nitrogens with zero attached hydrogens (tertiary/aromatic N) is 3. The first-order chi connectivity index (χ1) is 23.0. The molecule has 0 bridgehead atoms. The van der Waals surface area contributed by atoms with Crippen molar-refractivity contribution in [1.29, 1.82) is 0 Å². The van der Waals surface area contributed by atoms with Gasteiger partial charge in [-0.25, -0.2) is 14.4 Å². The molecule has 0 saturated heterocycles. The number of para-hydroxylation sites is 1. The molecule has 0 aliphatic carbocycles. The number of rotatable bonds is 14. The monoisotopic (exact) mass is 671 g/mol. The van der Waals surface area contributed by atoms with Crippen molar-refractivity contribution in [3.8, 4) is 5.75 Å². The van der Waals surface area contributed by atoms with E-state index >= 15 is 0 Å². The van der Waals surface area contributed by atoms with Gasteiger partial charge in [0.1, 0.15) is 18.5 Å². The number of amides is 3. The fraction of sp³-hybridized carbons (Fsp3) is 0.206. The minimum Gasteiger partial charge on any atom is -0.447 e. The van der Waals surface area contributed by atoms with E-state index in [1.54, 1.807) is 58.6 Å². The van der Waals surface area contributed by atoms with Crippen LogP contribution < -0.4 is 15.4 Å². The minimum atomic E-state index is -0.847. The quantitative estimate of drug-likeness (QED) is 0.135. The second-order valence-electron chi connectivity index (χ2n) is 10.3. The molecule has 0 spiro atoms. The third kappa shape index (κ3) is 10.9. The summed E-state index contributed by atoms with van der Waals surface area (Å²) < 4.78 is 16.9. The van der Waals surface area contributed by atoms with Gasteiger partial charge in [-0.05, 0) is 23.3 Å². The zero-order valence-corrected chi connectivity index (χ0v) is 26.9. The molecule has 47 heavy (non-hydrogen) atoms. The maximum Gasteiger partial charge on any atom is 0.413 e. The summed E-state index contributed by atoms with van der Waals surface area (Å²) in [6.45, 7) is 0.234. The molecule has 3 amide bonds. The summed E-state index contributed by atoms with van der Waals surface area (Å²) in [5.41, 5.74) is 5.29. The van der Waals surface area contributed by atoms with E-state index in [4.69, 9.17) is 14.2 Å². The molecule has 5 rings (SSSR count). The molecule has 0 radical (unpaired) electrons. The van der Waals surface area contributed by atoms with Crippen molar-refractivity contribution in [2.24, 2.45) is 0 Å². The Morgan fingerprint density at radius 3 is 2.09 bits per heavy atom. The SMILES string of the molecule is O=C(NC(CNC(=O)OC(Cc1ccccc1)c1cncs1)COC(=O)N(Cc1ccccc1)Cc1cncs1)Oc1ccccc1. The number of alkyl carbamates (subject to hydrolysis) is 1. The first kappa shape index (κ1) is 33.1. The number of nitrogens with one attached hydrogen (secondary N) is 2. The Morgan fingerprint density at radius 1 is 0.766 bits per heavy atom. The molecule has 2 unspecified atom stereocenters. The number of aromatic nitrogens is 2. The van der Waals surface area contributed by atoms with Crippen LogP contribution in [0.5, 0.6) is 5.75 Å². The number of ether oxygens (including phenoxy) is 3. The Balaban J connectivity index is 1.23. The van der Waals surface area contributed by atoms with E-state index in [0.717, 1.165) is 20.9 Å². The molecule has 0 aliphatic heterocycles. The molecule has 2 aromatic heterocycles. The van der Waals surface area contributed by atoms with Crippen LogP contribution in [0.15, 0.2) is 114 Å². The van der Waals surface area contributed by atoms with Gasteiger partial charge in [-0.15, -0.1) is 22.7 Å². The Hall–Kier alpha value is -5.27. The maximum atomic E-state index is 13.4. The van der Waals surface area contributed by atoms with E-state index < -0.39 is 30.4 Å². The third-order valence-electron chi connectivity index (χ3n) is 6.76. The predicted molar refractivity (Wildman–Crippen MR) is 178 cm³/mol. The lowest BCUT2D eigenvalue weighted by atomic mass is 10.1. The Morgan fingerprint density at radius 2 is 1.43 bits per heavy atom. The van der Waals surface area contributed by atoms with Crippen LogP contribution in [0.1, 0.15) is 27.0 Å². The number of benzene rings is 3. The largest absolute Gasteiger partial charge is 0.447 e. The number of carbonyl (C=O) groups is 3. The molecule has 242 valence electrons. The van der Waals surface area contributed by atoms with E-state index in [9.17, 15) is 14.4 Å². The molecule has 2 N–H and O–H groups in total. The van der Waals surface area contributed by atoms with Crippen LogP contribution in [-0.2, 0) is 29.0 Å². The number of thiazole rings is 2. The molecule has 0 saturated carbocycles. The molecule has 0 aliphatic rings. The summed E-state index contributed by atoms with van der Waals surface area (Å²) in [5.74, 6) is 0.333. The van der Waals surface area contributed by atoms with Crippen LogP contribution >= 0.6 is 22.7 Å². The van der Waals surface area contributed by atoms with Crippen molar-refractivity contribution in [3.63, 3.8) is 0 Å². The van der Waals surface area contributed by atoms with Gasteiger partial charge in [-0.2, -0.15) is 0 Å². The average molecular weight is 672 g/mol. The lowest BCUT2D eigenvalue weighted by Crippen LogP contribution is -2.48. The lowest BCUT2D eigenvalue weighted by Gasteiger charge is -2.24. The second-order valence-corrected chi connectivity index (χ2v) is 12.2. The topological polar surface area (TPSA) is 132 Å². The van der Waals surface area contributed by atoms with Crippen molar-refractivity contribution in [3.05, 3.63) is 135 Å². The maximum absolute atomic E-state index is 13.4. The van der Waals surface area contributed by atoms with Crippen molar-refractivity contribution in [2.75, 3.05) is 13.2 Å². The average Bonchev–Trinajstić information content (AvgIpc) is 3.82. The first-order valence-corrected chi connectivity index (χ1v) is 16.5. The standard InChI is InChI=1S/C34H33N5O6S2/c40-32(45-30(31-19-36-24-47-31)16-25-10-4-1-5-11-25)37-17-27(38-33(41)44-28-14-8-3-9-15-28)22-43-34(42)39(21-29-18-35-23-46-29)20-26-12-6-2-7-13-26/h1-15,18-19,23-24,27,30H,16-17,20-22H2,(H,37,40)(H,38,41). The molecule has 2 heterocycles. The normalized spacial score (nSPS) is 11.9. The number of hydrogen-bond donors (Lipinski definition) is 2. The van der Waals surface area contributed by atoms with Crippen LogP contribution in [0.4, 0.5) is 14.4 Å². The van der Waals surface area contributed by atoms with Gasteiger partial charge < -0.3 is 24.8 Å². The van der Waals surface area contributed by atoms with E-state index in [0.29, 0.717) is 18.7 Å². The van der Waals surface area contributed by atoms with Gasteiger partial charge in [0.2, 0.25) is 0 Å². The molecular formula is C34H33N5O6S2. The van der Waals surface area contributed by atoms with Crippen LogP contribution in [0, 0.1) is 0 Å². The highest BCUT2D eigenvalue weighted by molar-refractivity contribution is 7.09. The smallest absolute Gasteiger partial charge is 0.413 e. The lowest BCUT2D eigenvalue weighted by molar-refractivity contribution is 0.0837. The summed E-state index contributed by atoms with van der Waals surface area (Å²) in [4.78, 5) is 50.7. The fourth-order valence-corrected chi connectivity index (χ4v) is 5.75. The highest BCUT2D eigenvalue weighted by Gasteiger charge is 2.24. The van der Waals surface area contributed by atoms with Crippen molar-refractivity contribution in [1.82, 2.24) is 25.5 Å². The molecule has 11 nitrogen and oxygen atoms in total. The molecule has 2 atom stereocenters. The molecule has 5 aromatic rings. The third-order valence-corrected chi connectivity index (χ3v) is 8.40. The molecular weight excluding hydrogens is 639 g/mol. The van der Waals surface area contributed by atoms with Crippen LogP contribution in [0.25, 0.3) is 0 Å². The summed E-state index contributed by atoms with van der Waals surface area (Å²) in [6.07, 6.45) is 1.18. The van der Waals surface area contributed by atoms with E-state index in [1.807, 2.05) is 60.7 Å². The number of carbonyl (C=O) groups excluding carboxylic acids is 3. The van der Waals surface area contributed by atoms with E-state index in [2.05, 4.69) is 20.6 Å². The van der Waals surface area contributed by atoms with Gasteiger partial charge in [0.05, 0.1) is 28.5 Å². The van der Waals surface area contributed by atoms with Gasteiger partial charge >= 0.3 is 18.3 Å². The van der Waals surface area contributed by atoms with E-state index in [-0.39, 0.29) is 19.7 Å². The highest BCUT2D eigenvalue weighted by Crippen LogP contribution is 2.25. The van der Waals surface area contributed by atoms with Gasteiger partial charge in [0.15, 0.2) is 0 Å². The second kappa shape index (κ2) is 17.4. The van der Waals surface area contributed by atoms with E-state index in [1.165, 1.54) is 22.7 Å². The summed E-state index contributed by atoms with van der Waals surface area (Å²) in [7, 11) is 0. The molecule has 0 fully saturated rings. The van der Waals surface area contributed by atoms with Crippen molar-refractivity contribution < 1.29 is 28.6 Å². The molecule has 3 aromatic carbocycles. The fourth-order valence-electron chi connectivity index (χ4n) is 4.49. The predicted octanol–water partition coefficient (Wildman–Crippen LogP) is 6.61. The van der Waals surface area contributed by atoms with Gasteiger partial charge in [-0.3, -0.25) is 14.9 Å². The van der Waals surface area contributed by atoms with Crippen LogP contribution in [0.2, 0.25) is 0 Å². The Kier molecular flexibility index (Phi) is 12.3. The van der Waals surface area contributed by atoms with Gasteiger partial charge in [-0.1, -0.05) is 78.9 Å². The Bertz CT molecular complexity index is 1660. The zero-order valence-electron chi connectivity index (χ0n) is 25.3. The summed E-state index contributed by atoms with van der Waals surface area (Å²) in [5, 5.41) is 5.39. The minimum absolute atomic E-state index is 0.107. The highest BCUT2D eigenvalue weighted by atomic mass is 32.1. The summed E-state index contributed by atoms with van der Waals surface area (Å²) >= 11 is 2.82. The van der Waals surface area contributed by atoms with Crippen LogP contribution in [-0.4, -0.2) is 52.3 Å². The molecule has 13 heteroatoms. The van der Waals surface area contributed by atoms with Gasteiger partial charge in [0.25, 0.3) is 0 Å². The van der Waals surface area contributed by atoms with Crippen molar-refractivity contribution in [2.45, 2.75) is 31.7 Å². The van der Waals surface area contributed by atoms with Gasteiger partial charge in [0, 0.05) is 36.8 Å². The Labute approximate surface area is 280 Å². The van der Waals surface area contributed by atoms with Crippen LogP contribution in [0.3, 0.4) is 0 Å². The zero-order chi connectivity index (χ0) is 32.7. The number of hydrogen-bond acceptors (Lipinski definition) is 10.